The van der Waals surface area contributed by atoms with E-state index >= 15 is 0 Å². The standard InChI is InChI=1S/C43H63N5O2/c1-9-13-15-32(11-3)17-19-34-21-23-36(39(49)30(34)7)41-45-42(47-43(46-41)38-25-27-44-48(38)28-26-29(5)6)37-24-22-35(31(8)40(37)50)20-18-33(12-4)16-14-10-2/h21-25,27,29,32-33,49-50H,9-20,26,28H2,1-8H3. The third-order valence-electron chi connectivity index (χ3n) is 10.8. The van der Waals surface area contributed by atoms with Gasteiger partial charge in [0.1, 0.15) is 17.2 Å². The van der Waals surface area contributed by atoms with Crippen LogP contribution in [-0.4, -0.2) is 34.9 Å². The van der Waals surface area contributed by atoms with E-state index in [2.05, 4.69) is 58.8 Å². The van der Waals surface area contributed by atoms with Crippen LogP contribution in [0.3, 0.4) is 0 Å². The third-order valence-corrected chi connectivity index (χ3v) is 10.8. The molecule has 0 spiro atoms. The van der Waals surface area contributed by atoms with E-state index in [4.69, 9.17) is 15.0 Å². The quantitative estimate of drug-likeness (QED) is 0.0963. The lowest BCUT2D eigenvalue weighted by Gasteiger charge is -2.18. The summed E-state index contributed by atoms with van der Waals surface area (Å²) in [6.45, 7) is 18.2. The predicted octanol–water partition coefficient (Wildman–Crippen LogP) is 11.4. The van der Waals surface area contributed by atoms with Crippen molar-refractivity contribution in [3.05, 3.63) is 58.8 Å². The molecule has 0 saturated heterocycles. The van der Waals surface area contributed by atoms with Crippen LogP contribution in [-0.2, 0) is 19.4 Å². The molecule has 4 aromatic rings. The zero-order valence-electron chi connectivity index (χ0n) is 32.2. The number of aromatic hydroxyl groups is 2. The Morgan fingerprint density at radius 1 is 0.620 bits per heavy atom. The number of hydrogen-bond acceptors (Lipinski definition) is 6. The summed E-state index contributed by atoms with van der Waals surface area (Å²) >= 11 is 0. The molecule has 50 heavy (non-hydrogen) atoms. The fourth-order valence-electron chi connectivity index (χ4n) is 7.01. The Morgan fingerprint density at radius 2 is 1.10 bits per heavy atom. The fraction of sp³-hybridized carbons (Fsp3) is 0.581. The van der Waals surface area contributed by atoms with Gasteiger partial charge in [0.15, 0.2) is 17.5 Å². The number of phenols is 2. The first-order valence-electron chi connectivity index (χ1n) is 19.5. The first-order valence-corrected chi connectivity index (χ1v) is 19.5. The molecule has 2 N–H and O–H groups in total. The molecule has 0 amide bonds. The lowest BCUT2D eigenvalue weighted by Crippen LogP contribution is -2.08. The molecular formula is C43H63N5O2. The van der Waals surface area contributed by atoms with Gasteiger partial charge in [-0.05, 0) is 104 Å². The van der Waals surface area contributed by atoms with Crippen molar-refractivity contribution < 1.29 is 10.2 Å². The van der Waals surface area contributed by atoms with Gasteiger partial charge in [-0.15, -0.1) is 0 Å². The molecule has 272 valence electrons. The average Bonchev–Trinajstić information content (AvgIpc) is 3.59. The largest absolute Gasteiger partial charge is 0.507 e. The maximum absolute atomic E-state index is 11.6. The van der Waals surface area contributed by atoms with Crippen LogP contribution in [0.1, 0.15) is 134 Å². The highest BCUT2D eigenvalue weighted by atomic mass is 16.3. The Kier molecular flexibility index (Phi) is 14.9. The molecule has 7 heteroatoms. The van der Waals surface area contributed by atoms with E-state index in [-0.39, 0.29) is 11.5 Å². The number of benzene rings is 2. The molecule has 7 nitrogen and oxygen atoms in total. The number of rotatable bonds is 20. The van der Waals surface area contributed by atoms with E-state index in [1.54, 1.807) is 6.20 Å². The Balaban J connectivity index is 1.75. The molecule has 2 unspecified atom stereocenters. The highest BCUT2D eigenvalue weighted by Gasteiger charge is 2.22. The predicted molar refractivity (Wildman–Crippen MR) is 207 cm³/mol. The maximum Gasteiger partial charge on any atom is 0.182 e. The van der Waals surface area contributed by atoms with Crippen molar-refractivity contribution in [2.75, 3.05) is 0 Å². The summed E-state index contributed by atoms with van der Waals surface area (Å²) in [6, 6.07) is 10.1. The first kappa shape index (κ1) is 39.1. The minimum absolute atomic E-state index is 0.199. The highest BCUT2D eigenvalue weighted by molar-refractivity contribution is 5.73. The molecular weight excluding hydrogens is 619 g/mol. The highest BCUT2D eigenvalue weighted by Crippen LogP contribution is 2.38. The smallest absolute Gasteiger partial charge is 0.182 e. The van der Waals surface area contributed by atoms with Crippen LogP contribution in [0.5, 0.6) is 11.5 Å². The molecule has 2 aromatic carbocycles. The number of unbranched alkanes of at least 4 members (excludes halogenated alkanes) is 2. The minimum atomic E-state index is 0.199. The van der Waals surface area contributed by atoms with Gasteiger partial charge in [-0.2, -0.15) is 5.10 Å². The van der Waals surface area contributed by atoms with Crippen molar-refractivity contribution in [2.24, 2.45) is 17.8 Å². The van der Waals surface area contributed by atoms with E-state index in [1.807, 2.05) is 36.7 Å². The molecule has 0 bridgehead atoms. The second-order valence-electron chi connectivity index (χ2n) is 14.8. The van der Waals surface area contributed by atoms with Gasteiger partial charge in [0, 0.05) is 12.7 Å². The monoisotopic (exact) mass is 681 g/mol. The lowest BCUT2D eigenvalue weighted by molar-refractivity contribution is 0.420. The van der Waals surface area contributed by atoms with Gasteiger partial charge < -0.3 is 10.2 Å². The van der Waals surface area contributed by atoms with Crippen LogP contribution in [0.15, 0.2) is 36.5 Å². The summed E-state index contributed by atoms with van der Waals surface area (Å²) in [6.07, 6.45) is 16.7. The zero-order valence-corrected chi connectivity index (χ0v) is 32.2. The van der Waals surface area contributed by atoms with Gasteiger partial charge in [0.2, 0.25) is 0 Å². The van der Waals surface area contributed by atoms with Crippen molar-refractivity contribution in [1.82, 2.24) is 24.7 Å². The van der Waals surface area contributed by atoms with Gasteiger partial charge in [-0.3, -0.25) is 4.68 Å². The van der Waals surface area contributed by atoms with Crippen LogP contribution in [0.25, 0.3) is 34.3 Å². The number of aromatic nitrogens is 5. The Hall–Kier alpha value is -3.74. The van der Waals surface area contributed by atoms with Gasteiger partial charge in [-0.1, -0.05) is 105 Å². The number of aryl methyl sites for hydroxylation is 3. The van der Waals surface area contributed by atoms with E-state index in [0.29, 0.717) is 46.4 Å². The van der Waals surface area contributed by atoms with Gasteiger partial charge in [0.05, 0.1) is 11.1 Å². The van der Waals surface area contributed by atoms with Crippen molar-refractivity contribution in [3.8, 4) is 45.8 Å². The molecule has 2 aromatic heterocycles. The summed E-state index contributed by atoms with van der Waals surface area (Å²) in [4.78, 5) is 14.8. The molecule has 4 rings (SSSR count). The summed E-state index contributed by atoms with van der Waals surface area (Å²) in [5.74, 6) is 3.54. The van der Waals surface area contributed by atoms with E-state index in [0.717, 1.165) is 66.6 Å². The summed E-state index contributed by atoms with van der Waals surface area (Å²) < 4.78 is 1.94. The van der Waals surface area contributed by atoms with Crippen LogP contribution in [0.2, 0.25) is 0 Å². The topological polar surface area (TPSA) is 97.0 Å². The SMILES string of the molecule is CCCCC(CC)CCc1ccc(-c2nc(-c3ccc(CCC(CC)CCCC)c(C)c3O)nc(-c3ccnn3CCC(C)C)n2)c(O)c1C. The van der Waals surface area contributed by atoms with E-state index in [9.17, 15) is 10.2 Å². The first-order chi connectivity index (χ1) is 24.1. The molecule has 0 aliphatic rings. The van der Waals surface area contributed by atoms with Gasteiger partial charge in [0.25, 0.3) is 0 Å². The van der Waals surface area contributed by atoms with Crippen molar-refractivity contribution in [1.29, 1.82) is 0 Å². The van der Waals surface area contributed by atoms with Crippen LogP contribution >= 0.6 is 0 Å². The normalized spacial score (nSPS) is 12.9. The second kappa shape index (κ2) is 19.0. The molecule has 0 fully saturated rings. The average molecular weight is 682 g/mol. The van der Waals surface area contributed by atoms with Crippen LogP contribution in [0.4, 0.5) is 0 Å². The van der Waals surface area contributed by atoms with Crippen molar-refractivity contribution in [3.63, 3.8) is 0 Å². The Morgan fingerprint density at radius 3 is 1.54 bits per heavy atom. The summed E-state index contributed by atoms with van der Waals surface area (Å²) in [7, 11) is 0. The summed E-state index contributed by atoms with van der Waals surface area (Å²) in [5.41, 5.74) is 5.96. The number of phenolic OH excluding ortho intramolecular Hbond substituents is 2. The van der Waals surface area contributed by atoms with E-state index in [1.165, 1.54) is 51.4 Å². The van der Waals surface area contributed by atoms with Gasteiger partial charge in [-0.25, -0.2) is 15.0 Å². The minimum Gasteiger partial charge on any atom is -0.507 e. The fourth-order valence-corrected chi connectivity index (χ4v) is 7.01. The lowest BCUT2D eigenvalue weighted by atomic mass is 9.90. The van der Waals surface area contributed by atoms with Crippen molar-refractivity contribution in [2.45, 2.75) is 145 Å². The molecule has 0 aliphatic carbocycles. The molecule has 2 atom stereocenters. The summed E-state index contributed by atoms with van der Waals surface area (Å²) in [5, 5.41) is 27.8. The van der Waals surface area contributed by atoms with Crippen LogP contribution < -0.4 is 0 Å². The second-order valence-corrected chi connectivity index (χ2v) is 14.8. The maximum atomic E-state index is 11.6. The van der Waals surface area contributed by atoms with Crippen molar-refractivity contribution >= 4 is 0 Å². The molecule has 0 aliphatic heterocycles. The molecule has 0 saturated carbocycles. The molecule has 0 radical (unpaired) electrons. The van der Waals surface area contributed by atoms with Crippen LogP contribution in [0, 0.1) is 31.6 Å². The van der Waals surface area contributed by atoms with E-state index < -0.39 is 0 Å². The Bertz CT molecular complexity index is 1570. The zero-order chi connectivity index (χ0) is 36.2. The number of hydrogen-bond donors (Lipinski definition) is 2. The van der Waals surface area contributed by atoms with Gasteiger partial charge >= 0.3 is 0 Å². The Labute approximate surface area is 302 Å². The number of nitrogens with zero attached hydrogens (tertiary/aromatic N) is 5. The molecule has 2 heterocycles. The third kappa shape index (κ3) is 9.95.